The molecule has 0 unspecified atom stereocenters. The molecule has 21 heavy (non-hydrogen) atoms. The van der Waals surface area contributed by atoms with E-state index in [4.69, 9.17) is 23.2 Å². The summed E-state index contributed by atoms with van der Waals surface area (Å²) in [6.07, 6.45) is 0. The molecule has 2 rings (SSSR count). The first-order valence-electron chi connectivity index (χ1n) is 5.36. The Labute approximate surface area is 136 Å². The molecule has 0 bridgehead atoms. The van der Waals surface area contributed by atoms with E-state index in [9.17, 15) is 14.9 Å². The summed E-state index contributed by atoms with van der Waals surface area (Å²) in [5, 5.41) is 17.4. The van der Waals surface area contributed by atoms with E-state index in [1.54, 1.807) is 0 Å². The van der Waals surface area contributed by atoms with Gasteiger partial charge < -0.3 is 15.4 Å². The van der Waals surface area contributed by atoms with Crippen LogP contribution in [-0.4, -0.2) is 25.6 Å². The van der Waals surface area contributed by atoms with Gasteiger partial charge >= 0.3 is 5.95 Å². The zero-order chi connectivity index (χ0) is 15.6. The molecule has 1 amide bonds. The fourth-order valence-electron chi connectivity index (χ4n) is 1.45. The topological polar surface area (TPSA) is 103 Å². The number of amides is 1. The van der Waals surface area contributed by atoms with Gasteiger partial charge in [-0.15, -0.1) is 0 Å². The van der Waals surface area contributed by atoms with Crippen LogP contribution in [0.2, 0.25) is 10.0 Å². The van der Waals surface area contributed by atoms with Crippen molar-refractivity contribution in [2.45, 2.75) is 6.54 Å². The van der Waals surface area contributed by atoms with Crippen molar-refractivity contribution in [1.82, 2.24) is 14.8 Å². The lowest BCUT2D eigenvalue weighted by molar-refractivity contribution is -0.394. The lowest BCUT2D eigenvalue weighted by atomic mass is 10.3. The summed E-state index contributed by atoms with van der Waals surface area (Å²) in [5.41, 5.74) is 0.406. The highest BCUT2D eigenvalue weighted by Gasteiger charge is 2.21. The van der Waals surface area contributed by atoms with Gasteiger partial charge in [0.05, 0.1) is 0 Å². The SMILES string of the molecule is O=C(Cn1nc([N+](=O)[O-])nc1Br)Nc1cc(Cl)cc(Cl)c1. The van der Waals surface area contributed by atoms with Crippen molar-refractivity contribution in [1.29, 1.82) is 0 Å². The Morgan fingerprint density at radius 3 is 2.52 bits per heavy atom. The van der Waals surface area contributed by atoms with Crippen LogP contribution in [0.1, 0.15) is 0 Å². The molecule has 0 aliphatic rings. The molecular weight excluding hydrogens is 389 g/mol. The number of benzene rings is 1. The molecule has 0 aliphatic heterocycles. The summed E-state index contributed by atoms with van der Waals surface area (Å²) in [4.78, 5) is 25.2. The van der Waals surface area contributed by atoms with Crippen LogP contribution >= 0.6 is 39.1 Å². The Morgan fingerprint density at radius 1 is 1.38 bits per heavy atom. The van der Waals surface area contributed by atoms with Crippen LogP contribution in [0.5, 0.6) is 0 Å². The van der Waals surface area contributed by atoms with Crippen molar-refractivity contribution >= 4 is 56.7 Å². The third kappa shape index (κ3) is 4.13. The van der Waals surface area contributed by atoms with Crippen molar-refractivity contribution in [3.63, 3.8) is 0 Å². The molecule has 1 N–H and O–H groups in total. The van der Waals surface area contributed by atoms with E-state index in [1.165, 1.54) is 18.2 Å². The van der Waals surface area contributed by atoms with Gasteiger partial charge in [0.25, 0.3) is 4.73 Å². The standard InChI is InChI=1S/C10H6BrCl2N5O3/c11-9-15-10(18(20)21)16-17(9)4-8(19)14-7-2-5(12)1-6(13)3-7/h1-3H,4H2,(H,14,19). The maximum absolute atomic E-state index is 11.9. The number of hydrogen-bond acceptors (Lipinski definition) is 5. The van der Waals surface area contributed by atoms with Gasteiger partial charge in [0.1, 0.15) is 6.54 Å². The predicted octanol–water partition coefficient (Wildman–Crippen LogP) is 2.89. The third-order valence-electron chi connectivity index (χ3n) is 2.22. The summed E-state index contributed by atoms with van der Waals surface area (Å²) in [7, 11) is 0. The van der Waals surface area contributed by atoms with Crippen LogP contribution in [-0.2, 0) is 11.3 Å². The number of nitrogens with zero attached hydrogens (tertiary/aromatic N) is 4. The second-order valence-corrected chi connectivity index (χ2v) is 5.38. The van der Waals surface area contributed by atoms with Crippen LogP contribution in [0.4, 0.5) is 11.6 Å². The number of nitrogens with one attached hydrogen (secondary N) is 1. The average molecular weight is 395 g/mol. The normalized spacial score (nSPS) is 10.4. The summed E-state index contributed by atoms with van der Waals surface area (Å²) >= 11 is 14.6. The molecule has 110 valence electrons. The Balaban J connectivity index is 2.09. The summed E-state index contributed by atoms with van der Waals surface area (Å²) in [6.45, 7) is -0.258. The molecule has 0 aliphatic carbocycles. The van der Waals surface area contributed by atoms with E-state index in [1.807, 2.05) is 0 Å². The fourth-order valence-corrected chi connectivity index (χ4v) is 2.34. The number of rotatable bonds is 4. The van der Waals surface area contributed by atoms with Crippen LogP contribution in [0.3, 0.4) is 0 Å². The first-order valence-corrected chi connectivity index (χ1v) is 6.91. The molecule has 0 fully saturated rings. The fraction of sp³-hybridized carbons (Fsp3) is 0.100. The number of carbonyl (C=O) groups is 1. The Morgan fingerprint density at radius 2 is 2.00 bits per heavy atom. The molecular formula is C10H6BrCl2N5O3. The van der Waals surface area contributed by atoms with Gasteiger partial charge in [-0.2, -0.15) is 4.68 Å². The average Bonchev–Trinajstić information content (AvgIpc) is 2.69. The monoisotopic (exact) mass is 393 g/mol. The number of aromatic nitrogens is 3. The maximum atomic E-state index is 11.9. The highest BCUT2D eigenvalue weighted by Crippen LogP contribution is 2.22. The van der Waals surface area contributed by atoms with E-state index in [0.29, 0.717) is 15.7 Å². The zero-order valence-corrected chi connectivity index (χ0v) is 13.2. The lowest BCUT2D eigenvalue weighted by Gasteiger charge is -2.05. The highest BCUT2D eigenvalue weighted by atomic mass is 79.9. The van der Waals surface area contributed by atoms with Crippen LogP contribution in [0, 0.1) is 10.1 Å². The van der Waals surface area contributed by atoms with Gasteiger partial charge in [-0.1, -0.05) is 23.2 Å². The lowest BCUT2D eigenvalue weighted by Crippen LogP contribution is -2.19. The molecule has 0 spiro atoms. The highest BCUT2D eigenvalue weighted by molar-refractivity contribution is 9.10. The molecule has 1 heterocycles. The molecule has 0 atom stereocenters. The van der Waals surface area contributed by atoms with Gasteiger partial charge in [-0.05, 0) is 28.1 Å². The van der Waals surface area contributed by atoms with Gasteiger partial charge in [0, 0.05) is 36.8 Å². The quantitative estimate of drug-likeness (QED) is 0.634. The minimum atomic E-state index is -0.754. The van der Waals surface area contributed by atoms with Crippen LogP contribution in [0.15, 0.2) is 22.9 Å². The van der Waals surface area contributed by atoms with Crippen LogP contribution < -0.4 is 5.32 Å². The first kappa shape index (κ1) is 15.7. The molecule has 0 saturated heterocycles. The number of hydrogen-bond donors (Lipinski definition) is 1. The van der Waals surface area contributed by atoms with E-state index >= 15 is 0 Å². The molecule has 8 nitrogen and oxygen atoms in total. The van der Waals surface area contributed by atoms with E-state index < -0.39 is 16.8 Å². The second-order valence-electron chi connectivity index (χ2n) is 3.80. The largest absolute Gasteiger partial charge is 0.492 e. The number of anilines is 1. The Bertz CT molecular complexity index is 700. The van der Waals surface area contributed by atoms with Gasteiger partial charge in [-0.25, -0.2) is 0 Å². The van der Waals surface area contributed by atoms with Gasteiger partial charge in [0.15, 0.2) is 0 Å². The number of carbonyl (C=O) groups excluding carboxylic acids is 1. The number of nitro groups is 1. The summed E-state index contributed by atoms with van der Waals surface area (Å²) in [5.74, 6) is -1.06. The smallest absolute Gasteiger partial charge is 0.390 e. The van der Waals surface area contributed by atoms with Gasteiger partial charge in [0.2, 0.25) is 5.91 Å². The summed E-state index contributed by atoms with van der Waals surface area (Å²) < 4.78 is 1.13. The van der Waals surface area contributed by atoms with Crippen molar-refractivity contribution in [2.24, 2.45) is 0 Å². The number of halogens is 3. The molecule has 11 heteroatoms. The van der Waals surface area contributed by atoms with Crippen molar-refractivity contribution in [3.8, 4) is 0 Å². The molecule has 1 aromatic heterocycles. The molecule has 0 saturated carbocycles. The molecule has 2 aromatic rings. The van der Waals surface area contributed by atoms with Crippen LogP contribution in [0.25, 0.3) is 0 Å². The Kier molecular flexibility index (Phi) is 4.76. The predicted molar refractivity (Wildman–Crippen MR) is 79.5 cm³/mol. The minimum absolute atomic E-state index is 0.0773. The van der Waals surface area contributed by atoms with E-state index in [0.717, 1.165) is 4.68 Å². The van der Waals surface area contributed by atoms with E-state index in [2.05, 4.69) is 31.3 Å². The molecule has 0 radical (unpaired) electrons. The molecule has 1 aromatic carbocycles. The maximum Gasteiger partial charge on any atom is 0.492 e. The minimum Gasteiger partial charge on any atom is -0.390 e. The Hall–Kier alpha value is -1.71. The zero-order valence-electron chi connectivity index (χ0n) is 10.1. The third-order valence-corrected chi connectivity index (χ3v) is 3.24. The van der Waals surface area contributed by atoms with Crippen molar-refractivity contribution < 1.29 is 9.72 Å². The van der Waals surface area contributed by atoms with Gasteiger partial charge in [-0.3, -0.25) is 4.79 Å². The van der Waals surface area contributed by atoms with Crippen molar-refractivity contribution in [3.05, 3.63) is 43.1 Å². The summed E-state index contributed by atoms with van der Waals surface area (Å²) in [6, 6.07) is 4.56. The first-order chi connectivity index (χ1) is 9.85. The van der Waals surface area contributed by atoms with E-state index in [-0.39, 0.29) is 11.3 Å². The van der Waals surface area contributed by atoms with Crippen molar-refractivity contribution in [2.75, 3.05) is 5.32 Å². The second kappa shape index (κ2) is 6.37.